The smallest absolute Gasteiger partial charge is 0.244 e. The van der Waals surface area contributed by atoms with Gasteiger partial charge < -0.3 is 4.90 Å². The molecule has 1 aromatic carbocycles. The van der Waals surface area contributed by atoms with Gasteiger partial charge in [0.1, 0.15) is 4.75 Å². The summed E-state index contributed by atoms with van der Waals surface area (Å²) in [7, 11) is -3.84. The zero-order valence-corrected chi connectivity index (χ0v) is 15.0. The third kappa shape index (κ3) is 2.71. The molecule has 0 saturated carbocycles. The largest absolute Gasteiger partial charge is 0.336 e. The number of carbonyl (C=O) groups excluding carboxylic acids is 1. The lowest BCUT2D eigenvalue weighted by atomic mass is 10.1. The van der Waals surface area contributed by atoms with Gasteiger partial charge in [0, 0.05) is 35.8 Å². The number of fused-ring (bicyclic) bond motifs is 1. The van der Waals surface area contributed by atoms with Crippen LogP contribution in [0.2, 0.25) is 5.02 Å². The van der Waals surface area contributed by atoms with Crippen LogP contribution in [-0.4, -0.2) is 40.7 Å². The van der Waals surface area contributed by atoms with Crippen LogP contribution in [0.5, 0.6) is 0 Å². The number of aromatic nitrogens is 2. The van der Waals surface area contributed by atoms with Crippen LogP contribution in [0.3, 0.4) is 0 Å². The summed E-state index contributed by atoms with van der Waals surface area (Å²) in [6.45, 7) is 3.73. The molecule has 128 valence electrons. The standard InChI is InChI=1S/C16H18ClN3O3S/c1-16(2,24(22,23)13-5-3-12(17)4-6-13)15(21)20-8-7-14-11(10-20)9-18-19-14/h3-6,9H,7-8,10H2,1-2H3,(H,18,19). The molecule has 0 fully saturated rings. The lowest BCUT2D eigenvalue weighted by Crippen LogP contribution is -2.51. The van der Waals surface area contributed by atoms with Gasteiger partial charge in [-0.1, -0.05) is 11.6 Å². The van der Waals surface area contributed by atoms with Gasteiger partial charge in [0.05, 0.1) is 11.1 Å². The molecule has 1 aliphatic rings. The zero-order chi connectivity index (χ0) is 17.5. The van der Waals surface area contributed by atoms with Crippen LogP contribution in [0.25, 0.3) is 0 Å². The Bertz CT molecular complexity index is 872. The van der Waals surface area contributed by atoms with Gasteiger partial charge in [-0.3, -0.25) is 9.89 Å². The lowest BCUT2D eigenvalue weighted by molar-refractivity contribution is -0.134. The number of aromatic amines is 1. The molecule has 0 radical (unpaired) electrons. The minimum Gasteiger partial charge on any atom is -0.336 e. The van der Waals surface area contributed by atoms with Crippen molar-refractivity contribution >= 4 is 27.3 Å². The van der Waals surface area contributed by atoms with Crippen LogP contribution in [0.4, 0.5) is 0 Å². The average molecular weight is 368 g/mol. The van der Waals surface area contributed by atoms with Gasteiger partial charge in [0.2, 0.25) is 5.91 Å². The number of hydrogen-bond acceptors (Lipinski definition) is 4. The van der Waals surface area contributed by atoms with Gasteiger partial charge in [0.25, 0.3) is 0 Å². The van der Waals surface area contributed by atoms with Gasteiger partial charge in [0.15, 0.2) is 9.84 Å². The summed E-state index contributed by atoms with van der Waals surface area (Å²) >= 11 is 5.82. The van der Waals surface area contributed by atoms with Crippen molar-refractivity contribution in [3.8, 4) is 0 Å². The van der Waals surface area contributed by atoms with Gasteiger partial charge in [-0.2, -0.15) is 5.10 Å². The number of nitrogens with zero attached hydrogens (tertiary/aromatic N) is 2. The molecule has 0 saturated heterocycles. The van der Waals surface area contributed by atoms with Crippen molar-refractivity contribution < 1.29 is 13.2 Å². The topological polar surface area (TPSA) is 83.1 Å². The lowest BCUT2D eigenvalue weighted by Gasteiger charge is -2.33. The maximum absolute atomic E-state index is 12.9. The Morgan fingerprint density at radius 2 is 1.96 bits per heavy atom. The Balaban J connectivity index is 1.89. The number of hydrogen-bond donors (Lipinski definition) is 1. The van der Waals surface area contributed by atoms with E-state index in [9.17, 15) is 13.2 Å². The maximum Gasteiger partial charge on any atom is 0.244 e. The molecular formula is C16H18ClN3O3S. The van der Waals surface area contributed by atoms with Crippen molar-refractivity contribution in [2.75, 3.05) is 6.54 Å². The fourth-order valence-corrected chi connectivity index (χ4v) is 4.37. The average Bonchev–Trinajstić information content (AvgIpc) is 3.01. The minimum absolute atomic E-state index is 0.0891. The number of rotatable bonds is 3. The highest BCUT2D eigenvalue weighted by Crippen LogP contribution is 2.30. The number of H-pyrrole nitrogens is 1. The molecule has 1 aromatic heterocycles. The number of benzene rings is 1. The Morgan fingerprint density at radius 3 is 2.62 bits per heavy atom. The summed E-state index contributed by atoms with van der Waals surface area (Å²) in [6, 6.07) is 5.87. The molecule has 3 rings (SSSR count). The van der Waals surface area contributed by atoms with Gasteiger partial charge in [-0.25, -0.2) is 8.42 Å². The van der Waals surface area contributed by atoms with Crippen molar-refractivity contribution in [2.45, 2.75) is 36.5 Å². The summed E-state index contributed by atoms with van der Waals surface area (Å²) in [5.74, 6) is -0.413. The minimum atomic E-state index is -3.84. The first kappa shape index (κ1) is 17.0. The number of carbonyl (C=O) groups is 1. The van der Waals surface area contributed by atoms with E-state index in [1.54, 1.807) is 11.1 Å². The summed E-state index contributed by atoms with van der Waals surface area (Å²) in [5.41, 5.74) is 1.92. The second-order valence-corrected chi connectivity index (χ2v) is 9.25. The van der Waals surface area contributed by atoms with E-state index in [2.05, 4.69) is 10.2 Å². The Labute approximate surface area is 145 Å². The van der Waals surface area contributed by atoms with E-state index in [4.69, 9.17) is 11.6 Å². The first-order valence-corrected chi connectivity index (χ1v) is 9.40. The van der Waals surface area contributed by atoms with Crippen molar-refractivity contribution in [1.29, 1.82) is 0 Å². The van der Waals surface area contributed by atoms with Gasteiger partial charge in [-0.15, -0.1) is 0 Å². The first-order chi connectivity index (χ1) is 11.2. The molecule has 24 heavy (non-hydrogen) atoms. The molecule has 0 bridgehead atoms. The molecule has 0 atom stereocenters. The molecule has 2 aromatic rings. The maximum atomic E-state index is 12.9. The quantitative estimate of drug-likeness (QED) is 0.901. The summed E-state index contributed by atoms with van der Waals surface area (Å²) in [4.78, 5) is 14.6. The van der Waals surface area contributed by atoms with E-state index in [-0.39, 0.29) is 4.90 Å². The third-order valence-electron chi connectivity index (χ3n) is 4.40. The predicted molar refractivity (Wildman–Crippen MR) is 90.4 cm³/mol. The van der Waals surface area contributed by atoms with E-state index in [0.29, 0.717) is 24.5 Å². The molecule has 8 heteroatoms. The Kier molecular flexibility index (Phi) is 4.17. The van der Waals surface area contributed by atoms with Crippen molar-refractivity contribution in [3.05, 3.63) is 46.7 Å². The monoisotopic (exact) mass is 367 g/mol. The fraction of sp³-hybridized carbons (Fsp3) is 0.375. The van der Waals surface area contributed by atoms with Crippen molar-refractivity contribution in [1.82, 2.24) is 15.1 Å². The molecule has 1 N–H and O–H groups in total. The van der Waals surface area contributed by atoms with Gasteiger partial charge in [-0.05, 0) is 38.1 Å². The highest BCUT2D eigenvalue weighted by molar-refractivity contribution is 7.93. The Morgan fingerprint density at radius 1 is 1.29 bits per heavy atom. The predicted octanol–water partition coefficient (Wildman–Crippen LogP) is 2.20. The highest BCUT2D eigenvalue weighted by atomic mass is 35.5. The number of sulfone groups is 1. The van der Waals surface area contributed by atoms with Crippen LogP contribution in [0.1, 0.15) is 25.1 Å². The molecule has 1 aliphatic heterocycles. The van der Waals surface area contributed by atoms with E-state index in [1.165, 1.54) is 38.1 Å². The van der Waals surface area contributed by atoms with E-state index >= 15 is 0 Å². The molecule has 0 spiro atoms. The molecule has 0 aliphatic carbocycles. The first-order valence-electron chi connectivity index (χ1n) is 7.54. The van der Waals surface area contributed by atoms with E-state index in [1.807, 2.05) is 0 Å². The zero-order valence-electron chi connectivity index (χ0n) is 13.4. The van der Waals surface area contributed by atoms with Crippen LogP contribution in [-0.2, 0) is 27.6 Å². The summed E-state index contributed by atoms with van der Waals surface area (Å²) in [5, 5.41) is 7.32. The molecular weight excluding hydrogens is 350 g/mol. The van der Waals surface area contributed by atoms with E-state index < -0.39 is 20.5 Å². The second kappa shape index (κ2) is 5.89. The van der Waals surface area contributed by atoms with Crippen LogP contribution in [0, 0.1) is 0 Å². The Hall–Kier alpha value is -1.86. The van der Waals surface area contributed by atoms with E-state index in [0.717, 1.165) is 11.3 Å². The van der Waals surface area contributed by atoms with Crippen LogP contribution in [0.15, 0.2) is 35.4 Å². The van der Waals surface area contributed by atoms with Gasteiger partial charge >= 0.3 is 0 Å². The summed E-state index contributed by atoms with van der Waals surface area (Å²) < 4.78 is 24.3. The number of halogens is 1. The number of amides is 1. The number of nitrogens with one attached hydrogen (secondary N) is 1. The van der Waals surface area contributed by atoms with Crippen LogP contribution < -0.4 is 0 Å². The van der Waals surface area contributed by atoms with Crippen LogP contribution >= 0.6 is 11.6 Å². The van der Waals surface area contributed by atoms with Crippen molar-refractivity contribution in [2.24, 2.45) is 0 Å². The SMILES string of the molecule is CC(C)(C(=O)N1CCc2[nH]ncc2C1)S(=O)(=O)c1ccc(Cl)cc1. The summed E-state index contributed by atoms with van der Waals surface area (Å²) in [6.07, 6.45) is 2.31. The van der Waals surface area contributed by atoms with Crippen molar-refractivity contribution in [3.63, 3.8) is 0 Å². The normalized spacial score (nSPS) is 15.2. The molecule has 1 amide bonds. The fourth-order valence-electron chi connectivity index (χ4n) is 2.80. The molecule has 6 nitrogen and oxygen atoms in total. The highest BCUT2D eigenvalue weighted by Gasteiger charge is 2.45. The molecule has 0 unspecified atom stereocenters. The molecule has 2 heterocycles. The second-order valence-electron chi connectivity index (χ2n) is 6.32. The third-order valence-corrected chi connectivity index (χ3v) is 7.06.